The molecule has 8 nitrogen and oxygen atoms in total. The average Bonchev–Trinajstić information content (AvgIpc) is 3.10. The van der Waals surface area contributed by atoms with Gasteiger partial charge in [-0.3, -0.25) is 14.5 Å². The van der Waals surface area contributed by atoms with E-state index in [-0.39, 0.29) is 11.8 Å². The predicted octanol–water partition coefficient (Wildman–Crippen LogP) is 3.21. The quantitative estimate of drug-likeness (QED) is 0.608. The molecule has 0 spiro atoms. The van der Waals surface area contributed by atoms with E-state index < -0.39 is 0 Å². The summed E-state index contributed by atoms with van der Waals surface area (Å²) in [5, 5.41) is 10.4. The van der Waals surface area contributed by atoms with E-state index in [1.807, 2.05) is 22.9 Å². The Kier molecular flexibility index (Phi) is 6.74. The highest BCUT2D eigenvalue weighted by Crippen LogP contribution is 2.27. The van der Waals surface area contributed by atoms with Gasteiger partial charge in [-0.15, -0.1) is 0 Å². The van der Waals surface area contributed by atoms with Crippen LogP contribution in [0.5, 0.6) is 0 Å². The Labute approximate surface area is 194 Å². The van der Waals surface area contributed by atoms with Gasteiger partial charge in [-0.05, 0) is 50.2 Å². The molecule has 1 saturated heterocycles. The van der Waals surface area contributed by atoms with Crippen molar-refractivity contribution in [2.45, 2.75) is 20.8 Å². The zero-order valence-electron chi connectivity index (χ0n) is 19.3. The standard InChI is InChI=1S/C25H30N6O2/c1-18-25(19(2)31(28-18)23-7-5-4-6-8-23)30-15-13-29(14-16-30)17-24(33)27-22-11-9-21(10-12-22)26-20(3)32/h4-12H,13-17H2,1-3H3,(H,26,32)(H,27,33). The molecule has 1 aliphatic heterocycles. The molecule has 1 aromatic heterocycles. The Bertz CT molecular complexity index is 1120. The number of aromatic nitrogens is 2. The average molecular weight is 447 g/mol. The number of amides is 2. The molecule has 8 heteroatoms. The van der Waals surface area contributed by atoms with Gasteiger partial charge >= 0.3 is 0 Å². The van der Waals surface area contributed by atoms with E-state index in [0.29, 0.717) is 17.9 Å². The molecule has 0 saturated carbocycles. The van der Waals surface area contributed by atoms with Gasteiger partial charge in [-0.1, -0.05) is 18.2 Å². The van der Waals surface area contributed by atoms with Crippen LogP contribution in [-0.4, -0.2) is 59.2 Å². The van der Waals surface area contributed by atoms with Gasteiger partial charge in [0.05, 0.1) is 29.3 Å². The molecule has 0 radical (unpaired) electrons. The lowest BCUT2D eigenvalue weighted by Gasteiger charge is -2.35. The number of hydrogen-bond acceptors (Lipinski definition) is 5. The molecular weight excluding hydrogens is 416 g/mol. The van der Waals surface area contributed by atoms with Crippen molar-refractivity contribution in [3.05, 3.63) is 66.0 Å². The van der Waals surface area contributed by atoms with Crippen LogP contribution in [0, 0.1) is 13.8 Å². The second-order valence-corrected chi connectivity index (χ2v) is 8.34. The zero-order valence-corrected chi connectivity index (χ0v) is 19.3. The Morgan fingerprint density at radius 2 is 1.48 bits per heavy atom. The Morgan fingerprint density at radius 3 is 2.09 bits per heavy atom. The van der Waals surface area contributed by atoms with Crippen molar-refractivity contribution >= 4 is 28.9 Å². The minimum absolute atomic E-state index is 0.0417. The number of carbonyl (C=O) groups is 2. The largest absolute Gasteiger partial charge is 0.366 e. The molecule has 4 rings (SSSR count). The summed E-state index contributed by atoms with van der Waals surface area (Å²) in [6, 6.07) is 17.3. The minimum atomic E-state index is -0.122. The fourth-order valence-electron chi connectivity index (χ4n) is 4.29. The fourth-order valence-corrected chi connectivity index (χ4v) is 4.29. The van der Waals surface area contributed by atoms with E-state index >= 15 is 0 Å². The second kappa shape index (κ2) is 9.87. The maximum atomic E-state index is 12.5. The number of benzene rings is 2. The van der Waals surface area contributed by atoms with Gasteiger partial charge in [0.1, 0.15) is 0 Å². The summed E-state index contributed by atoms with van der Waals surface area (Å²) in [6.07, 6.45) is 0. The van der Waals surface area contributed by atoms with Gasteiger partial charge in [0.25, 0.3) is 0 Å². The summed E-state index contributed by atoms with van der Waals surface area (Å²) in [5.41, 5.74) is 5.81. The first kappa shape index (κ1) is 22.5. The van der Waals surface area contributed by atoms with Crippen LogP contribution in [0.15, 0.2) is 54.6 Å². The molecule has 1 fully saturated rings. The van der Waals surface area contributed by atoms with Crippen LogP contribution in [0.3, 0.4) is 0 Å². The van der Waals surface area contributed by atoms with E-state index in [9.17, 15) is 9.59 Å². The van der Waals surface area contributed by atoms with Crippen molar-refractivity contribution in [1.29, 1.82) is 0 Å². The van der Waals surface area contributed by atoms with E-state index in [4.69, 9.17) is 5.10 Å². The molecule has 0 bridgehead atoms. The summed E-state index contributed by atoms with van der Waals surface area (Å²) >= 11 is 0. The maximum Gasteiger partial charge on any atom is 0.238 e. The topological polar surface area (TPSA) is 82.5 Å². The molecule has 0 atom stereocenters. The van der Waals surface area contributed by atoms with Crippen LogP contribution >= 0.6 is 0 Å². The van der Waals surface area contributed by atoms with E-state index in [1.54, 1.807) is 24.3 Å². The smallest absolute Gasteiger partial charge is 0.238 e. The fraction of sp³-hybridized carbons (Fsp3) is 0.320. The van der Waals surface area contributed by atoms with Crippen molar-refractivity contribution in [3.63, 3.8) is 0 Å². The van der Waals surface area contributed by atoms with Gasteiger partial charge < -0.3 is 15.5 Å². The van der Waals surface area contributed by atoms with Crippen molar-refractivity contribution in [3.8, 4) is 5.69 Å². The monoisotopic (exact) mass is 446 g/mol. The molecule has 2 aromatic carbocycles. The van der Waals surface area contributed by atoms with Gasteiger partial charge in [0, 0.05) is 44.5 Å². The van der Waals surface area contributed by atoms with Crippen LogP contribution in [-0.2, 0) is 9.59 Å². The van der Waals surface area contributed by atoms with Crippen molar-refractivity contribution < 1.29 is 9.59 Å². The number of nitrogens with zero attached hydrogens (tertiary/aromatic N) is 4. The third-order valence-electron chi connectivity index (χ3n) is 5.80. The molecule has 3 aromatic rings. The highest BCUT2D eigenvalue weighted by molar-refractivity contribution is 5.93. The highest BCUT2D eigenvalue weighted by Gasteiger charge is 2.24. The molecule has 0 aliphatic carbocycles. The first-order valence-corrected chi connectivity index (χ1v) is 11.2. The Balaban J connectivity index is 1.32. The Hall–Kier alpha value is -3.65. The van der Waals surface area contributed by atoms with Crippen LogP contribution in [0.25, 0.3) is 5.69 Å². The van der Waals surface area contributed by atoms with Gasteiger partial charge in [0.2, 0.25) is 11.8 Å². The third-order valence-corrected chi connectivity index (χ3v) is 5.80. The van der Waals surface area contributed by atoms with Gasteiger partial charge in [0.15, 0.2) is 0 Å². The van der Waals surface area contributed by atoms with Crippen molar-refractivity contribution in [2.24, 2.45) is 0 Å². The minimum Gasteiger partial charge on any atom is -0.366 e. The number of piperazine rings is 1. The lowest BCUT2D eigenvalue weighted by Crippen LogP contribution is -2.49. The molecule has 172 valence electrons. The number of para-hydroxylation sites is 1. The molecule has 2 N–H and O–H groups in total. The molecule has 1 aliphatic rings. The number of aryl methyl sites for hydroxylation is 1. The predicted molar refractivity (Wildman–Crippen MR) is 131 cm³/mol. The maximum absolute atomic E-state index is 12.5. The van der Waals surface area contributed by atoms with Crippen LogP contribution in [0.1, 0.15) is 18.3 Å². The number of nitrogens with one attached hydrogen (secondary N) is 2. The summed E-state index contributed by atoms with van der Waals surface area (Å²) in [4.78, 5) is 28.2. The van der Waals surface area contributed by atoms with Gasteiger partial charge in [-0.2, -0.15) is 5.10 Å². The Morgan fingerprint density at radius 1 is 0.879 bits per heavy atom. The van der Waals surface area contributed by atoms with E-state index in [0.717, 1.165) is 43.3 Å². The number of rotatable bonds is 6. The summed E-state index contributed by atoms with van der Waals surface area (Å²) < 4.78 is 2.00. The lowest BCUT2D eigenvalue weighted by atomic mass is 10.2. The van der Waals surface area contributed by atoms with Gasteiger partial charge in [-0.25, -0.2) is 4.68 Å². The normalized spacial score (nSPS) is 14.2. The molecular formula is C25H30N6O2. The summed E-state index contributed by atoms with van der Waals surface area (Å²) in [5.74, 6) is -0.163. The number of hydrogen-bond donors (Lipinski definition) is 2. The van der Waals surface area contributed by atoms with E-state index in [2.05, 4.69) is 46.4 Å². The van der Waals surface area contributed by atoms with Crippen LogP contribution in [0.2, 0.25) is 0 Å². The first-order valence-electron chi connectivity index (χ1n) is 11.2. The lowest BCUT2D eigenvalue weighted by molar-refractivity contribution is -0.117. The third kappa shape index (κ3) is 5.40. The first-order chi connectivity index (χ1) is 15.9. The molecule has 33 heavy (non-hydrogen) atoms. The van der Waals surface area contributed by atoms with Crippen LogP contribution < -0.4 is 15.5 Å². The molecule has 2 amide bonds. The second-order valence-electron chi connectivity index (χ2n) is 8.34. The summed E-state index contributed by atoms with van der Waals surface area (Å²) in [6.45, 7) is 9.30. The number of carbonyl (C=O) groups excluding carboxylic acids is 2. The zero-order chi connectivity index (χ0) is 23.4. The molecule has 2 heterocycles. The molecule has 0 unspecified atom stereocenters. The summed E-state index contributed by atoms with van der Waals surface area (Å²) in [7, 11) is 0. The van der Waals surface area contributed by atoms with Crippen molar-refractivity contribution in [2.75, 3.05) is 48.3 Å². The SMILES string of the molecule is CC(=O)Nc1ccc(NC(=O)CN2CCN(c3c(C)nn(-c4ccccc4)c3C)CC2)cc1. The highest BCUT2D eigenvalue weighted by atomic mass is 16.2. The van der Waals surface area contributed by atoms with E-state index in [1.165, 1.54) is 12.6 Å². The van der Waals surface area contributed by atoms with Crippen LogP contribution in [0.4, 0.5) is 17.1 Å². The number of anilines is 3. The van der Waals surface area contributed by atoms with Crippen molar-refractivity contribution in [1.82, 2.24) is 14.7 Å².